The molecule has 1 atom stereocenters. The molecule has 4 aliphatic rings. The van der Waals surface area contributed by atoms with Crippen molar-refractivity contribution in [2.45, 2.75) is 31.6 Å². The van der Waals surface area contributed by atoms with E-state index in [2.05, 4.69) is 5.32 Å². The summed E-state index contributed by atoms with van der Waals surface area (Å²) in [4.78, 5) is 43.7. The topological polar surface area (TPSA) is 91.4 Å². The van der Waals surface area contributed by atoms with Gasteiger partial charge in [0.1, 0.15) is 6.54 Å². The highest BCUT2D eigenvalue weighted by Gasteiger charge is 2.45. The SMILES string of the molecule is Cc1ccc(C2NC(=O)N(C)C3=C2C(=O)N(CC(=O)N2CCC4(CC2)OCCO4)C3)cc1. The number of rotatable bonds is 3. The minimum atomic E-state index is -0.545. The Labute approximate surface area is 186 Å². The van der Waals surface area contributed by atoms with Crippen molar-refractivity contribution in [2.24, 2.45) is 0 Å². The van der Waals surface area contributed by atoms with Gasteiger partial charge in [-0.2, -0.15) is 0 Å². The predicted molar refractivity (Wildman–Crippen MR) is 114 cm³/mol. The summed E-state index contributed by atoms with van der Waals surface area (Å²) in [5, 5.41) is 2.93. The largest absolute Gasteiger partial charge is 0.347 e. The fourth-order valence-corrected chi connectivity index (χ4v) is 4.91. The number of aryl methyl sites for hydroxylation is 1. The van der Waals surface area contributed by atoms with E-state index in [0.717, 1.165) is 11.1 Å². The highest BCUT2D eigenvalue weighted by molar-refractivity contribution is 6.02. The molecule has 9 heteroatoms. The number of amides is 4. The Kier molecular flexibility index (Phi) is 5.17. The van der Waals surface area contributed by atoms with Crippen molar-refractivity contribution < 1.29 is 23.9 Å². The fraction of sp³-hybridized carbons (Fsp3) is 0.522. The van der Waals surface area contributed by atoms with Gasteiger partial charge in [-0.15, -0.1) is 0 Å². The maximum atomic E-state index is 13.3. The first-order valence-corrected chi connectivity index (χ1v) is 11.1. The average Bonchev–Trinajstić information content (AvgIpc) is 3.37. The molecule has 4 aliphatic heterocycles. The van der Waals surface area contributed by atoms with E-state index >= 15 is 0 Å². The minimum absolute atomic E-state index is 0.0107. The van der Waals surface area contributed by atoms with E-state index in [-0.39, 0.29) is 30.9 Å². The van der Waals surface area contributed by atoms with Crippen LogP contribution in [-0.2, 0) is 19.1 Å². The molecule has 1 aromatic carbocycles. The van der Waals surface area contributed by atoms with Gasteiger partial charge in [-0.3, -0.25) is 14.5 Å². The lowest BCUT2D eigenvalue weighted by Crippen LogP contribution is -2.50. The van der Waals surface area contributed by atoms with E-state index in [1.165, 1.54) is 9.80 Å². The number of hydrogen-bond acceptors (Lipinski definition) is 5. The molecule has 9 nitrogen and oxygen atoms in total. The van der Waals surface area contributed by atoms with Gasteiger partial charge in [-0.25, -0.2) is 4.79 Å². The monoisotopic (exact) mass is 440 g/mol. The molecule has 32 heavy (non-hydrogen) atoms. The molecule has 5 rings (SSSR count). The van der Waals surface area contributed by atoms with Crippen LogP contribution in [0.15, 0.2) is 35.5 Å². The summed E-state index contributed by atoms with van der Waals surface area (Å²) in [5.74, 6) is -0.849. The van der Waals surface area contributed by atoms with Gasteiger partial charge in [0.2, 0.25) is 5.91 Å². The van der Waals surface area contributed by atoms with E-state index in [1.54, 1.807) is 11.9 Å². The number of nitrogens with zero attached hydrogens (tertiary/aromatic N) is 3. The molecule has 0 saturated carbocycles. The number of carbonyl (C=O) groups is 3. The van der Waals surface area contributed by atoms with Crippen LogP contribution >= 0.6 is 0 Å². The van der Waals surface area contributed by atoms with E-state index in [9.17, 15) is 14.4 Å². The zero-order valence-corrected chi connectivity index (χ0v) is 18.4. The molecule has 1 aromatic rings. The number of carbonyl (C=O) groups excluding carboxylic acids is 3. The van der Waals surface area contributed by atoms with E-state index in [4.69, 9.17) is 9.47 Å². The fourth-order valence-electron chi connectivity index (χ4n) is 4.91. The van der Waals surface area contributed by atoms with Crippen LogP contribution in [0.4, 0.5) is 4.79 Å². The lowest BCUT2D eigenvalue weighted by molar-refractivity contribution is -0.187. The Morgan fingerprint density at radius 2 is 1.78 bits per heavy atom. The third-order valence-electron chi connectivity index (χ3n) is 6.86. The summed E-state index contributed by atoms with van der Waals surface area (Å²) >= 11 is 0. The first-order chi connectivity index (χ1) is 15.4. The summed E-state index contributed by atoms with van der Waals surface area (Å²) < 4.78 is 11.5. The van der Waals surface area contributed by atoms with Crippen LogP contribution < -0.4 is 5.32 Å². The van der Waals surface area contributed by atoms with E-state index < -0.39 is 11.8 Å². The van der Waals surface area contributed by atoms with Crippen molar-refractivity contribution in [3.63, 3.8) is 0 Å². The molecule has 2 fully saturated rings. The molecular formula is C23H28N4O5. The molecule has 0 aliphatic carbocycles. The smallest absolute Gasteiger partial charge is 0.322 e. The van der Waals surface area contributed by atoms with Gasteiger partial charge >= 0.3 is 6.03 Å². The molecule has 1 unspecified atom stereocenters. The van der Waals surface area contributed by atoms with Crippen LogP contribution in [0.3, 0.4) is 0 Å². The van der Waals surface area contributed by atoms with Gasteiger partial charge in [0.25, 0.3) is 5.91 Å². The third kappa shape index (κ3) is 3.55. The summed E-state index contributed by atoms with van der Waals surface area (Å²) in [6, 6.07) is 6.99. The highest BCUT2D eigenvalue weighted by atomic mass is 16.7. The zero-order valence-electron chi connectivity index (χ0n) is 18.4. The van der Waals surface area contributed by atoms with Crippen LogP contribution in [0.1, 0.15) is 30.0 Å². The summed E-state index contributed by atoms with van der Waals surface area (Å²) in [7, 11) is 1.65. The Balaban J connectivity index is 1.29. The van der Waals surface area contributed by atoms with Crippen LogP contribution in [0.25, 0.3) is 0 Å². The zero-order chi connectivity index (χ0) is 22.5. The van der Waals surface area contributed by atoms with Gasteiger partial charge in [0, 0.05) is 33.0 Å². The molecule has 4 amide bonds. The molecule has 170 valence electrons. The number of benzene rings is 1. The van der Waals surface area contributed by atoms with Crippen molar-refractivity contribution in [1.29, 1.82) is 0 Å². The molecule has 0 bridgehead atoms. The van der Waals surface area contributed by atoms with Crippen molar-refractivity contribution >= 4 is 17.8 Å². The summed E-state index contributed by atoms with van der Waals surface area (Å²) in [6.07, 6.45) is 1.27. The van der Waals surface area contributed by atoms with E-state index in [0.29, 0.717) is 50.4 Å². The standard InChI is InChI=1S/C23H28N4O5/c1-15-3-5-16(6-4-15)20-19-17(25(2)22(30)24-20)13-27(21(19)29)14-18(28)26-9-7-23(8-10-26)31-11-12-32-23/h3-6,20H,7-14H2,1-2H3,(H,24,30). The molecule has 0 aromatic heterocycles. The molecule has 4 heterocycles. The number of likely N-dealkylation sites (tertiary alicyclic amines) is 1. The van der Waals surface area contributed by atoms with Crippen LogP contribution in [0, 0.1) is 6.92 Å². The maximum absolute atomic E-state index is 13.3. The molecule has 2 saturated heterocycles. The quantitative estimate of drug-likeness (QED) is 0.762. The predicted octanol–water partition coefficient (Wildman–Crippen LogP) is 1.15. The number of ether oxygens (including phenoxy) is 2. The summed E-state index contributed by atoms with van der Waals surface area (Å²) in [6.45, 7) is 4.49. The van der Waals surface area contributed by atoms with Crippen molar-refractivity contribution in [1.82, 2.24) is 20.0 Å². The Bertz CT molecular complexity index is 973. The number of piperidine rings is 1. The average molecular weight is 441 g/mol. The van der Waals surface area contributed by atoms with Crippen LogP contribution in [0.2, 0.25) is 0 Å². The van der Waals surface area contributed by atoms with Crippen molar-refractivity contribution in [2.75, 3.05) is 46.4 Å². The van der Waals surface area contributed by atoms with Gasteiger partial charge in [-0.1, -0.05) is 29.8 Å². The number of urea groups is 1. The number of hydrogen-bond donors (Lipinski definition) is 1. The lowest BCUT2D eigenvalue weighted by atomic mass is 9.95. The Morgan fingerprint density at radius 3 is 2.44 bits per heavy atom. The van der Waals surface area contributed by atoms with Crippen molar-refractivity contribution in [3.05, 3.63) is 46.7 Å². The maximum Gasteiger partial charge on any atom is 0.322 e. The molecule has 1 N–H and O–H groups in total. The molecular weight excluding hydrogens is 412 g/mol. The van der Waals surface area contributed by atoms with Gasteiger partial charge in [0.05, 0.1) is 37.1 Å². The molecule has 1 spiro atoms. The Hall–Kier alpha value is -2.91. The van der Waals surface area contributed by atoms with Crippen molar-refractivity contribution in [3.8, 4) is 0 Å². The second-order valence-electron chi connectivity index (χ2n) is 8.86. The van der Waals surface area contributed by atoms with Crippen LogP contribution in [0.5, 0.6) is 0 Å². The van der Waals surface area contributed by atoms with Gasteiger partial charge in [-0.05, 0) is 12.5 Å². The number of nitrogens with one attached hydrogen (secondary N) is 1. The lowest BCUT2D eigenvalue weighted by Gasteiger charge is -2.38. The van der Waals surface area contributed by atoms with Gasteiger partial charge in [0.15, 0.2) is 5.79 Å². The summed E-state index contributed by atoms with van der Waals surface area (Å²) in [5.41, 5.74) is 3.14. The minimum Gasteiger partial charge on any atom is -0.347 e. The molecule has 0 radical (unpaired) electrons. The normalized spacial score (nSPS) is 24.9. The first-order valence-electron chi connectivity index (χ1n) is 11.1. The van der Waals surface area contributed by atoms with Gasteiger partial charge < -0.3 is 24.6 Å². The first kappa shape index (κ1) is 21.0. The van der Waals surface area contributed by atoms with Crippen LogP contribution in [-0.4, -0.2) is 84.8 Å². The van der Waals surface area contributed by atoms with E-state index in [1.807, 2.05) is 31.2 Å². The second-order valence-corrected chi connectivity index (χ2v) is 8.86. The Morgan fingerprint density at radius 1 is 1.12 bits per heavy atom. The second kappa shape index (κ2) is 7.90. The highest BCUT2D eigenvalue weighted by Crippen LogP contribution is 2.36. The number of likely N-dealkylation sites (N-methyl/N-ethyl adjacent to an activating group) is 1. The third-order valence-corrected chi connectivity index (χ3v) is 6.86.